The summed E-state index contributed by atoms with van der Waals surface area (Å²) in [6, 6.07) is 5.01. The molecule has 1 aromatic heterocycles. The molecule has 1 saturated heterocycles. The van der Waals surface area contributed by atoms with Gasteiger partial charge < -0.3 is 4.90 Å². The molecule has 0 aromatic carbocycles. The normalized spacial score (nSPS) is 21.8. The quantitative estimate of drug-likeness (QED) is 0.790. The summed E-state index contributed by atoms with van der Waals surface area (Å²) in [5.74, 6) is -0.00165. The first-order valence-electron chi connectivity index (χ1n) is 5.80. The van der Waals surface area contributed by atoms with Gasteiger partial charge in [-0.3, -0.25) is 4.79 Å². The Kier molecular flexibility index (Phi) is 3.38. The number of hydrogen-bond donors (Lipinski definition) is 0. The van der Waals surface area contributed by atoms with Crippen LogP contribution in [0.5, 0.6) is 0 Å². The summed E-state index contributed by atoms with van der Waals surface area (Å²) in [6.45, 7) is 1.82. The Labute approximate surface area is 107 Å². The lowest BCUT2D eigenvalue weighted by molar-refractivity contribution is 0.0741. The minimum atomic E-state index is -2.98. The fourth-order valence-corrected chi connectivity index (χ4v) is 3.86. The number of rotatable bonds is 2. The van der Waals surface area contributed by atoms with Crippen LogP contribution in [0.1, 0.15) is 22.6 Å². The standard InChI is InChI=1S/C12H16N2O3S/c1-9-4-3-5-11(13-9)12(15)14(2)10-6-7-18(16,17)8-10/h3-5,10H,6-8H2,1-2H3/t10-/m1/s1. The van der Waals surface area contributed by atoms with E-state index in [2.05, 4.69) is 4.98 Å². The third kappa shape index (κ3) is 2.69. The average molecular weight is 268 g/mol. The maximum absolute atomic E-state index is 12.2. The van der Waals surface area contributed by atoms with E-state index in [0.717, 1.165) is 5.69 Å². The number of carbonyl (C=O) groups is 1. The van der Waals surface area contributed by atoms with Gasteiger partial charge in [-0.1, -0.05) is 6.07 Å². The van der Waals surface area contributed by atoms with Gasteiger partial charge in [-0.25, -0.2) is 13.4 Å². The van der Waals surface area contributed by atoms with Crippen molar-refractivity contribution in [1.82, 2.24) is 9.88 Å². The first-order chi connectivity index (χ1) is 8.39. The van der Waals surface area contributed by atoms with E-state index in [-0.39, 0.29) is 23.5 Å². The molecule has 6 heteroatoms. The molecule has 0 aliphatic carbocycles. The number of pyridine rings is 1. The summed E-state index contributed by atoms with van der Waals surface area (Å²) in [6.07, 6.45) is 0.510. The predicted molar refractivity (Wildman–Crippen MR) is 68.1 cm³/mol. The Balaban J connectivity index is 2.15. The van der Waals surface area contributed by atoms with E-state index in [0.29, 0.717) is 12.1 Å². The van der Waals surface area contributed by atoms with Gasteiger partial charge in [-0.15, -0.1) is 0 Å². The van der Waals surface area contributed by atoms with Crippen molar-refractivity contribution in [3.05, 3.63) is 29.6 Å². The highest BCUT2D eigenvalue weighted by atomic mass is 32.2. The van der Waals surface area contributed by atoms with Crippen LogP contribution in [-0.4, -0.2) is 48.8 Å². The van der Waals surface area contributed by atoms with E-state index in [1.807, 2.05) is 13.0 Å². The molecule has 1 amide bonds. The molecule has 1 aliphatic heterocycles. The van der Waals surface area contributed by atoms with Crippen LogP contribution in [0.3, 0.4) is 0 Å². The van der Waals surface area contributed by atoms with Crippen LogP contribution in [-0.2, 0) is 9.84 Å². The van der Waals surface area contributed by atoms with Crippen LogP contribution in [0, 0.1) is 6.92 Å². The van der Waals surface area contributed by atoms with Crippen molar-refractivity contribution in [2.24, 2.45) is 0 Å². The van der Waals surface area contributed by atoms with E-state index in [1.165, 1.54) is 4.90 Å². The van der Waals surface area contributed by atoms with E-state index >= 15 is 0 Å². The lowest BCUT2D eigenvalue weighted by Crippen LogP contribution is -2.38. The van der Waals surface area contributed by atoms with Crippen molar-refractivity contribution in [3.63, 3.8) is 0 Å². The van der Waals surface area contributed by atoms with Crippen molar-refractivity contribution in [3.8, 4) is 0 Å². The molecular formula is C12H16N2O3S. The largest absolute Gasteiger partial charge is 0.336 e. The molecule has 0 spiro atoms. The van der Waals surface area contributed by atoms with E-state index < -0.39 is 9.84 Å². The Morgan fingerprint density at radius 2 is 2.17 bits per heavy atom. The van der Waals surface area contributed by atoms with Gasteiger partial charge in [0.2, 0.25) is 0 Å². The SMILES string of the molecule is Cc1cccc(C(=O)N(C)[C@@H]2CCS(=O)(=O)C2)n1. The first-order valence-corrected chi connectivity index (χ1v) is 7.62. The predicted octanol–water partition coefficient (Wildman–Crippen LogP) is 0.649. The first kappa shape index (κ1) is 13.0. The van der Waals surface area contributed by atoms with Crippen LogP contribution < -0.4 is 0 Å². The lowest BCUT2D eigenvalue weighted by atomic mass is 10.2. The van der Waals surface area contributed by atoms with Gasteiger partial charge in [0, 0.05) is 18.8 Å². The number of amides is 1. The zero-order valence-electron chi connectivity index (χ0n) is 10.5. The molecule has 5 nitrogen and oxygen atoms in total. The van der Waals surface area contributed by atoms with Crippen molar-refractivity contribution in [2.75, 3.05) is 18.6 Å². The Hall–Kier alpha value is -1.43. The van der Waals surface area contributed by atoms with Gasteiger partial charge >= 0.3 is 0 Å². The van der Waals surface area contributed by atoms with Crippen molar-refractivity contribution in [1.29, 1.82) is 0 Å². The molecule has 0 saturated carbocycles. The second kappa shape index (κ2) is 4.68. The number of sulfone groups is 1. The summed E-state index contributed by atoms with van der Waals surface area (Å²) in [4.78, 5) is 17.8. The van der Waals surface area contributed by atoms with Gasteiger partial charge in [0.25, 0.3) is 5.91 Å². The average Bonchev–Trinajstić information content (AvgIpc) is 2.68. The van der Waals surface area contributed by atoms with Crippen molar-refractivity contribution >= 4 is 15.7 Å². The molecule has 1 aromatic rings. The summed E-state index contributed by atoms with van der Waals surface area (Å²) >= 11 is 0. The van der Waals surface area contributed by atoms with Crippen LogP contribution in [0.4, 0.5) is 0 Å². The summed E-state index contributed by atoms with van der Waals surface area (Å²) in [5.41, 5.74) is 1.13. The minimum Gasteiger partial charge on any atom is -0.336 e. The smallest absolute Gasteiger partial charge is 0.272 e. The van der Waals surface area contributed by atoms with Gasteiger partial charge in [-0.2, -0.15) is 0 Å². The highest BCUT2D eigenvalue weighted by Gasteiger charge is 2.33. The zero-order valence-corrected chi connectivity index (χ0v) is 11.3. The Bertz CT molecular complexity index is 568. The maximum atomic E-state index is 12.2. The Morgan fingerprint density at radius 3 is 2.72 bits per heavy atom. The highest BCUT2D eigenvalue weighted by molar-refractivity contribution is 7.91. The molecule has 1 atom stereocenters. The van der Waals surface area contributed by atoms with Gasteiger partial charge in [-0.05, 0) is 25.5 Å². The van der Waals surface area contributed by atoms with Crippen molar-refractivity contribution in [2.45, 2.75) is 19.4 Å². The Morgan fingerprint density at radius 1 is 1.44 bits per heavy atom. The molecule has 0 N–H and O–H groups in total. The van der Waals surface area contributed by atoms with Crippen LogP contribution >= 0.6 is 0 Å². The third-order valence-electron chi connectivity index (χ3n) is 3.18. The van der Waals surface area contributed by atoms with Gasteiger partial charge in [0.05, 0.1) is 11.5 Å². The molecular weight excluding hydrogens is 252 g/mol. The molecule has 1 fully saturated rings. The molecule has 2 heterocycles. The molecule has 0 radical (unpaired) electrons. The molecule has 0 bridgehead atoms. The molecule has 1 aliphatic rings. The summed E-state index contributed by atoms with van der Waals surface area (Å²) in [7, 11) is -1.34. The van der Waals surface area contributed by atoms with E-state index in [9.17, 15) is 13.2 Å². The molecule has 18 heavy (non-hydrogen) atoms. The second-order valence-electron chi connectivity index (χ2n) is 4.64. The fraction of sp³-hybridized carbons (Fsp3) is 0.500. The highest BCUT2D eigenvalue weighted by Crippen LogP contribution is 2.18. The summed E-state index contributed by atoms with van der Waals surface area (Å²) in [5, 5.41) is 0. The second-order valence-corrected chi connectivity index (χ2v) is 6.87. The molecule has 0 unspecified atom stereocenters. The monoisotopic (exact) mass is 268 g/mol. The lowest BCUT2D eigenvalue weighted by Gasteiger charge is -2.23. The van der Waals surface area contributed by atoms with Crippen LogP contribution in [0.15, 0.2) is 18.2 Å². The van der Waals surface area contributed by atoms with E-state index in [1.54, 1.807) is 19.2 Å². The minimum absolute atomic E-state index is 0.0566. The number of carbonyl (C=O) groups excluding carboxylic acids is 1. The van der Waals surface area contributed by atoms with Crippen molar-refractivity contribution < 1.29 is 13.2 Å². The molecule has 2 rings (SSSR count). The third-order valence-corrected chi connectivity index (χ3v) is 4.93. The number of aryl methyl sites for hydroxylation is 1. The molecule has 98 valence electrons. The van der Waals surface area contributed by atoms with Gasteiger partial charge in [0.1, 0.15) is 5.69 Å². The maximum Gasteiger partial charge on any atom is 0.272 e. The van der Waals surface area contributed by atoms with E-state index in [4.69, 9.17) is 0 Å². The topological polar surface area (TPSA) is 67.3 Å². The summed E-state index contributed by atoms with van der Waals surface area (Å²) < 4.78 is 22.8. The number of hydrogen-bond acceptors (Lipinski definition) is 4. The van der Waals surface area contributed by atoms with Crippen LogP contribution in [0.25, 0.3) is 0 Å². The number of nitrogens with zero attached hydrogens (tertiary/aromatic N) is 2. The zero-order chi connectivity index (χ0) is 13.3. The fourth-order valence-electron chi connectivity index (χ4n) is 2.09. The van der Waals surface area contributed by atoms with Crippen LogP contribution in [0.2, 0.25) is 0 Å². The van der Waals surface area contributed by atoms with Gasteiger partial charge in [0.15, 0.2) is 9.84 Å². The number of aromatic nitrogens is 1.